The number of benzene rings is 2. The van der Waals surface area contributed by atoms with Crippen LogP contribution < -0.4 is 4.72 Å². The van der Waals surface area contributed by atoms with Crippen LogP contribution in [-0.4, -0.2) is 68.8 Å². The van der Waals surface area contributed by atoms with E-state index in [9.17, 15) is 18.7 Å². The molecule has 4 rings (SSSR count). The summed E-state index contributed by atoms with van der Waals surface area (Å²) in [5.74, 6) is -1.39. The van der Waals surface area contributed by atoms with Crippen molar-refractivity contribution >= 4 is 23.3 Å². The van der Waals surface area contributed by atoms with Gasteiger partial charge in [-0.25, -0.2) is 0 Å². The Bertz CT molecular complexity index is 1390. The molecule has 0 amide bonds. The fourth-order valence-corrected chi connectivity index (χ4v) is 6.66. The molecule has 12 nitrogen and oxygen atoms in total. The van der Waals surface area contributed by atoms with E-state index in [-0.39, 0.29) is 32.8 Å². The highest BCUT2D eigenvalue weighted by atomic mass is 32.2. The quantitative estimate of drug-likeness (QED) is 0.0755. The molecule has 14 heteroatoms. The highest BCUT2D eigenvalue weighted by molar-refractivity contribution is 7.87. The Hall–Kier alpha value is -2.97. The summed E-state index contributed by atoms with van der Waals surface area (Å²) in [4.78, 5) is 16.6. The molecule has 2 aliphatic rings. The number of nitrogens with one attached hydrogen (secondary N) is 1. The third-order valence-corrected chi connectivity index (χ3v) is 10.1. The lowest BCUT2D eigenvalue weighted by Crippen LogP contribution is -2.47. The third kappa shape index (κ3) is 8.19. The summed E-state index contributed by atoms with van der Waals surface area (Å²) in [6.07, 6.45) is 1.46. The molecule has 2 heterocycles. The van der Waals surface area contributed by atoms with Crippen LogP contribution in [-0.2, 0) is 47.0 Å². The average Bonchev–Trinajstić information content (AvgIpc) is 3.46. The van der Waals surface area contributed by atoms with Crippen molar-refractivity contribution in [2.75, 3.05) is 26.2 Å². The monoisotopic (exact) mass is 627 g/mol. The van der Waals surface area contributed by atoms with Crippen LogP contribution in [0.2, 0.25) is 6.32 Å². The number of hydrogen-bond acceptors (Lipinski definition) is 8. The molecule has 2 aromatic rings. The molecule has 1 N–H and O–H groups in total. The van der Waals surface area contributed by atoms with Crippen LogP contribution in [0.5, 0.6) is 0 Å². The fraction of sp³-hybridized carbons (Fsp3) is 0.567. The van der Waals surface area contributed by atoms with Crippen LogP contribution >= 0.6 is 0 Å². The van der Waals surface area contributed by atoms with Crippen molar-refractivity contribution in [3.05, 3.63) is 82.2 Å². The number of azide groups is 1. The number of esters is 1. The second-order valence-corrected chi connectivity index (χ2v) is 14.0. The molecule has 44 heavy (non-hydrogen) atoms. The van der Waals surface area contributed by atoms with Gasteiger partial charge in [0.1, 0.15) is 6.61 Å². The molecule has 0 bridgehead atoms. The lowest BCUT2D eigenvalue weighted by Gasteiger charge is -2.32. The van der Waals surface area contributed by atoms with Crippen LogP contribution in [0.4, 0.5) is 0 Å². The molecule has 2 aliphatic heterocycles. The highest BCUT2D eigenvalue weighted by Gasteiger charge is 2.56. The number of carbonyl (C=O) groups excluding carboxylic acids is 1. The van der Waals surface area contributed by atoms with Crippen LogP contribution in [0, 0.1) is 5.92 Å². The Balaban J connectivity index is 1.43. The van der Waals surface area contributed by atoms with E-state index < -0.39 is 46.0 Å². The maximum absolute atomic E-state index is 13.6. The molecule has 0 spiro atoms. The summed E-state index contributed by atoms with van der Waals surface area (Å²) in [5, 5.41) is 3.94. The molecule has 0 radical (unpaired) electrons. The van der Waals surface area contributed by atoms with Crippen LogP contribution in [0.25, 0.3) is 10.4 Å². The van der Waals surface area contributed by atoms with Gasteiger partial charge < -0.3 is 18.8 Å². The fourth-order valence-electron chi connectivity index (χ4n) is 5.40. The van der Waals surface area contributed by atoms with Crippen molar-refractivity contribution in [2.24, 2.45) is 11.0 Å². The molecule has 2 saturated heterocycles. The molecule has 0 saturated carbocycles. The molecule has 0 unspecified atom stereocenters. The summed E-state index contributed by atoms with van der Waals surface area (Å²) in [6, 6.07) is 18.7. The normalized spacial score (nSPS) is 22.9. The maximum Gasteiger partial charge on any atom is 0.457 e. The predicted octanol–water partition coefficient (Wildman–Crippen LogP) is 4.63. The van der Waals surface area contributed by atoms with E-state index in [1.165, 1.54) is 0 Å². The van der Waals surface area contributed by atoms with Crippen molar-refractivity contribution in [3.63, 3.8) is 0 Å². The minimum absolute atomic E-state index is 0.0248. The van der Waals surface area contributed by atoms with Gasteiger partial charge in [-0.3, -0.25) is 4.79 Å². The number of hydrogen-bond donors (Lipinski definition) is 1. The molecule has 2 aromatic carbocycles. The van der Waals surface area contributed by atoms with E-state index in [1.54, 1.807) is 0 Å². The van der Waals surface area contributed by atoms with Gasteiger partial charge in [0.05, 0.1) is 24.4 Å². The van der Waals surface area contributed by atoms with Crippen LogP contribution in [0.3, 0.4) is 0 Å². The second-order valence-electron chi connectivity index (χ2n) is 12.2. The molecule has 2 fully saturated rings. The van der Waals surface area contributed by atoms with Crippen molar-refractivity contribution in [1.82, 2.24) is 9.03 Å². The van der Waals surface area contributed by atoms with E-state index in [4.69, 9.17) is 18.8 Å². The van der Waals surface area contributed by atoms with Gasteiger partial charge >= 0.3 is 13.1 Å². The lowest BCUT2D eigenvalue weighted by molar-refractivity contribution is -0.152. The Morgan fingerprint density at radius 1 is 1.05 bits per heavy atom. The maximum atomic E-state index is 13.6. The number of rotatable bonds is 15. The summed E-state index contributed by atoms with van der Waals surface area (Å²) in [7, 11) is -4.48. The SMILES string of the molecule is CC1(C)OB(CCC[C@@H]2CN(S(=O)(=O)NCCOCc3ccccc3)C[C@]2(N=[N+]=[N-])C(=O)OCc2ccccc2)OC1(C)C. The van der Waals surface area contributed by atoms with E-state index in [0.29, 0.717) is 25.8 Å². The topological polar surface area (TPSA) is 152 Å². The molecular formula is C30H42BN5O7S. The Kier molecular flexibility index (Phi) is 11.1. The van der Waals surface area contributed by atoms with Gasteiger partial charge in [-0.15, -0.1) is 0 Å². The summed E-state index contributed by atoms with van der Waals surface area (Å²) in [6.45, 7) is 8.03. The van der Waals surface area contributed by atoms with E-state index in [0.717, 1.165) is 15.4 Å². The second kappa shape index (κ2) is 14.4. The Morgan fingerprint density at radius 3 is 2.23 bits per heavy atom. The van der Waals surface area contributed by atoms with Gasteiger partial charge in [0.15, 0.2) is 5.54 Å². The molecule has 2 atom stereocenters. The van der Waals surface area contributed by atoms with Gasteiger partial charge in [-0.1, -0.05) is 72.2 Å². The van der Waals surface area contributed by atoms with Crippen molar-refractivity contribution < 1.29 is 32.0 Å². The highest BCUT2D eigenvalue weighted by Crippen LogP contribution is 2.41. The van der Waals surface area contributed by atoms with E-state index >= 15 is 0 Å². The zero-order valence-corrected chi connectivity index (χ0v) is 26.7. The van der Waals surface area contributed by atoms with Crippen LogP contribution in [0.1, 0.15) is 51.7 Å². The van der Waals surface area contributed by atoms with Crippen LogP contribution in [0.15, 0.2) is 65.8 Å². The molecular weight excluding hydrogens is 585 g/mol. The smallest absolute Gasteiger partial charge is 0.457 e. The van der Waals surface area contributed by atoms with E-state index in [2.05, 4.69) is 14.7 Å². The van der Waals surface area contributed by atoms with Gasteiger partial charge in [0.25, 0.3) is 10.2 Å². The molecule has 0 aromatic heterocycles. The van der Waals surface area contributed by atoms with Gasteiger partial charge in [0, 0.05) is 24.5 Å². The first-order valence-corrected chi connectivity index (χ1v) is 16.3. The number of nitrogens with zero attached hydrogens (tertiary/aromatic N) is 4. The first-order chi connectivity index (χ1) is 20.9. The minimum atomic E-state index is -4.04. The Labute approximate surface area is 260 Å². The van der Waals surface area contributed by atoms with Gasteiger partial charge in [-0.05, 0) is 63.0 Å². The predicted molar refractivity (Wildman–Crippen MR) is 166 cm³/mol. The lowest BCUT2D eigenvalue weighted by atomic mass is 9.78. The van der Waals surface area contributed by atoms with E-state index in [1.807, 2.05) is 88.4 Å². The zero-order chi connectivity index (χ0) is 31.8. The number of ether oxygens (including phenoxy) is 2. The van der Waals surface area contributed by atoms with Gasteiger partial charge in [0.2, 0.25) is 0 Å². The van der Waals surface area contributed by atoms with Crippen molar-refractivity contribution in [2.45, 2.75) is 76.8 Å². The first kappa shape index (κ1) is 33.9. The molecule has 0 aliphatic carbocycles. The summed E-state index contributed by atoms with van der Waals surface area (Å²) >= 11 is 0. The summed E-state index contributed by atoms with van der Waals surface area (Å²) < 4.78 is 53.9. The summed E-state index contributed by atoms with van der Waals surface area (Å²) in [5.41, 5.74) is 8.58. The van der Waals surface area contributed by atoms with Crippen molar-refractivity contribution in [3.8, 4) is 0 Å². The Morgan fingerprint density at radius 2 is 1.64 bits per heavy atom. The number of carbonyl (C=O) groups is 1. The first-order valence-electron chi connectivity index (χ1n) is 14.9. The van der Waals surface area contributed by atoms with Crippen molar-refractivity contribution in [1.29, 1.82) is 0 Å². The minimum Gasteiger partial charge on any atom is -0.460 e. The zero-order valence-electron chi connectivity index (χ0n) is 25.8. The molecule has 238 valence electrons. The average molecular weight is 628 g/mol. The van der Waals surface area contributed by atoms with Gasteiger partial charge in [-0.2, -0.15) is 17.4 Å². The standard InChI is InChI=1S/C30H42BN5O7S/c1-28(2)29(3,4)43-31(42-28)17-11-16-26-20-36(44(38,39)33-18-19-40-21-24-12-7-5-8-13-24)23-30(26,34-35-32)27(37)41-22-25-14-9-6-10-15-25/h5-10,12-15,26,33H,11,16-23H2,1-4H3/t26-,30-/m1/s1. The largest absolute Gasteiger partial charge is 0.460 e. The third-order valence-electron chi connectivity index (χ3n) is 8.58.